The number of carbonyl (C=O) groups excluding carboxylic acids is 1. The Labute approximate surface area is 172 Å². The molecule has 29 heavy (non-hydrogen) atoms. The van der Waals surface area contributed by atoms with Crippen LogP contribution in [0.15, 0.2) is 12.3 Å². The number of piperazine rings is 1. The predicted octanol–water partition coefficient (Wildman–Crippen LogP) is 0.360. The minimum atomic E-state index is 0.103. The lowest BCUT2D eigenvalue weighted by atomic mass is 9.96. The van der Waals surface area contributed by atoms with Gasteiger partial charge in [-0.3, -0.25) is 4.79 Å². The van der Waals surface area contributed by atoms with Crippen LogP contribution >= 0.6 is 0 Å². The molecule has 8 nitrogen and oxygen atoms in total. The quantitative estimate of drug-likeness (QED) is 0.745. The molecular formula is C21H31N7O. The van der Waals surface area contributed by atoms with E-state index >= 15 is 0 Å². The predicted molar refractivity (Wildman–Crippen MR) is 112 cm³/mol. The van der Waals surface area contributed by atoms with E-state index in [9.17, 15) is 4.79 Å². The summed E-state index contributed by atoms with van der Waals surface area (Å²) in [7, 11) is 2.17. The Hall–Kier alpha value is -2.19. The van der Waals surface area contributed by atoms with Crippen LogP contribution in [0.4, 0.5) is 5.82 Å². The van der Waals surface area contributed by atoms with Crippen LogP contribution in [0, 0.1) is 5.92 Å². The molecule has 0 spiro atoms. The Bertz CT molecular complexity index is 896. The van der Waals surface area contributed by atoms with E-state index in [1.165, 1.54) is 11.3 Å². The molecule has 0 saturated carbocycles. The van der Waals surface area contributed by atoms with Crippen LogP contribution in [0.5, 0.6) is 0 Å². The summed E-state index contributed by atoms with van der Waals surface area (Å²) in [5, 5.41) is 4.55. The summed E-state index contributed by atoms with van der Waals surface area (Å²) in [6.07, 6.45) is 3.78. The minimum absolute atomic E-state index is 0.103. The maximum absolute atomic E-state index is 13.0. The zero-order valence-electron chi connectivity index (χ0n) is 17.5. The van der Waals surface area contributed by atoms with Gasteiger partial charge in [0.15, 0.2) is 5.65 Å². The number of carbonyl (C=O) groups is 1. The number of fused-ring (bicyclic) bond motifs is 2. The largest absolute Gasteiger partial charge is 0.354 e. The molecule has 2 saturated heterocycles. The van der Waals surface area contributed by atoms with E-state index in [0.717, 1.165) is 83.2 Å². The van der Waals surface area contributed by atoms with E-state index < -0.39 is 0 Å². The standard InChI is InChI=1S/C21H31N7O/c1-3-25-10-12-26(13-11-25)21(29)16-14-27(15-16)20-17-5-8-24(2)9-6-18(17)23-19-4-7-22-28(19)20/h4,7,16H,3,5-6,8-15H2,1-2H3. The van der Waals surface area contributed by atoms with Crippen molar-refractivity contribution in [2.75, 3.05) is 70.9 Å². The van der Waals surface area contributed by atoms with Crippen molar-refractivity contribution in [3.63, 3.8) is 0 Å². The summed E-state index contributed by atoms with van der Waals surface area (Å²) in [4.78, 5) is 27.1. The van der Waals surface area contributed by atoms with Gasteiger partial charge in [0.2, 0.25) is 5.91 Å². The highest BCUT2D eigenvalue weighted by Crippen LogP contribution is 2.32. The first-order chi connectivity index (χ1) is 14.1. The molecule has 2 aromatic rings. The normalized spacial score (nSPS) is 21.9. The fourth-order valence-electron chi connectivity index (χ4n) is 4.86. The van der Waals surface area contributed by atoms with Gasteiger partial charge in [0, 0.05) is 70.4 Å². The van der Waals surface area contributed by atoms with Crippen LogP contribution in [0.25, 0.3) is 5.65 Å². The first-order valence-corrected chi connectivity index (χ1v) is 10.9. The van der Waals surface area contributed by atoms with Gasteiger partial charge >= 0.3 is 0 Å². The van der Waals surface area contributed by atoms with Gasteiger partial charge in [-0.25, -0.2) is 4.98 Å². The molecule has 5 rings (SSSR count). The number of nitrogens with zero attached hydrogens (tertiary/aromatic N) is 7. The maximum Gasteiger partial charge on any atom is 0.229 e. The fourth-order valence-corrected chi connectivity index (χ4v) is 4.86. The molecule has 2 aromatic heterocycles. The number of amides is 1. The molecule has 2 fully saturated rings. The molecule has 0 aliphatic carbocycles. The lowest BCUT2D eigenvalue weighted by Gasteiger charge is -2.44. The number of likely N-dealkylation sites (N-methyl/N-ethyl adjacent to an activating group) is 2. The molecule has 3 aliphatic rings. The average molecular weight is 398 g/mol. The maximum atomic E-state index is 13.0. The SMILES string of the molecule is CCN1CCN(C(=O)C2CN(c3c4c(nc5ccnn35)CCN(C)CC4)C2)CC1. The molecule has 0 radical (unpaired) electrons. The van der Waals surface area contributed by atoms with Crippen LogP contribution in [-0.4, -0.2) is 101 Å². The van der Waals surface area contributed by atoms with E-state index in [4.69, 9.17) is 4.98 Å². The molecule has 0 aromatic carbocycles. The van der Waals surface area contributed by atoms with E-state index in [-0.39, 0.29) is 5.92 Å². The molecule has 8 heteroatoms. The topological polar surface area (TPSA) is 60.2 Å². The molecule has 156 valence electrons. The Morgan fingerprint density at radius 2 is 1.86 bits per heavy atom. The molecule has 1 amide bonds. The third-order valence-corrected chi connectivity index (χ3v) is 6.83. The van der Waals surface area contributed by atoms with Crippen LogP contribution in [0.3, 0.4) is 0 Å². The Morgan fingerprint density at radius 1 is 1.10 bits per heavy atom. The average Bonchev–Trinajstić information content (AvgIpc) is 3.10. The van der Waals surface area contributed by atoms with Gasteiger partial charge in [-0.2, -0.15) is 9.61 Å². The second-order valence-electron chi connectivity index (χ2n) is 8.63. The molecule has 0 unspecified atom stereocenters. The van der Waals surface area contributed by atoms with E-state index in [0.29, 0.717) is 5.91 Å². The Kier molecular flexibility index (Phi) is 4.91. The van der Waals surface area contributed by atoms with Crippen LogP contribution in [-0.2, 0) is 17.6 Å². The van der Waals surface area contributed by atoms with E-state index in [1.54, 1.807) is 0 Å². The molecule has 0 bridgehead atoms. The third-order valence-electron chi connectivity index (χ3n) is 6.83. The van der Waals surface area contributed by atoms with Crippen molar-refractivity contribution >= 4 is 17.4 Å². The van der Waals surface area contributed by atoms with Crippen molar-refractivity contribution < 1.29 is 4.79 Å². The summed E-state index contributed by atoms with van der Waals surface area (Å²) in [5.74, 6) is 1.59. The number of hydrogen-bond acceptors (Lipinski definition) is 6. The van der Waals surface area contributed by atoms with Crippen molar-refractivity contribution in [2.45, 2.75) is 19.8 Å². The van der Waals surface area contributed by atoms with E-state index in [1.807, 2.05) is 16.8 Å². The highest BCUT2D eigenvalue weighted by molar-refractivity contribution is 5.82. The van der Waals surface area contributed by atoms with Gasteiger partial charge in [-0.1, -0.05) is 6.92 Å². The Morgan fingerprint density at radius 3 is 2.62 bits per heavy atom. The molecule has 3 aliphatic heterocycles. The number of anilines is 1. The minimum Gasteiger partial charge on any atom is -0.354 e. The van der Waals surface area contributed by atoms with Gasteiger partial charge in [0.05, 0.1) is 17.8 Å². The van der Waals surface area contributed by atoms with Gasteiger partial charge < -0.3 is 19.6 Å². The number of hydrogen-bond donors (Lipinski definition) is 0. The second kappa shape index (κ2) is 7.57. The fraction of sp³-hybridized carbons (Fsp3) is 0.667. The Balaban J connectivity index is 1.34. The monoisotopic (exact) mass is 397 g/mol. The zero-order valence-corrected chi connectivity index (χ0v) is 17.5. The van der Waals surface area contributed by atoms with Crippen molar-refractivity contribution in [2.24, 2.45) is 5.92 Å². The third kappa shape index (κ3) is 3.38. The van der Waals surface area contributed by atoms with Gasteiger partial charge in [-0.15, -0.1) is 0 Å². The van der Waals surface area contributed by atoms with Crippen LogP contribution in [0.2, 0.25) is 0 Å². The van der Waals surface area contributed by atoms with Crippen molar-refractivity contribution in [3.8, 4) is 0 Å². The van der Waals surface area contributed by atoms with Crippen LogP contribution < -0.4 is 4.90 Å². The number of rotatable bonds is 3. The van der Waals surface area contributed by atoms with E-state index in [2.05, 4.69) is 38.7 Å². The first kappa shape index (κ1) is 18.8. The van der Waals surface area contributed by atoms with Gasteiger partial charge in [0.1, 0.15) is 5.82 Å². The summed E-state index contributed by atoms with van der Waals surface area (Å²) in [6, 6.07) is 1.98. The first-order valence-electron chi connectivity index (χ1n) is 10.9. The molecule has 0 atom stereocenters. The summed E-state index contributed by atoms with van der Waals surface area (Å²) in [5.41, 5.74) is 3.42. The van der Waals surface area contributed by atoms with Crippen molar-refractivity contribution in [3.05, 3.63) is 23.5 Å². The van der Waals surface area contributed by atoms with Gasteiger partial charge in [0.25, 0.3) is 0 Å². The zero-order chi connectivity index (χ0) is 20.0. The lowest BCUT2D eigenvalue weighted by molar-refractivity contribution is -0.138. The molecule has 5 heterocycles. The molecular weight excluding hydrogens is 366 g/mol. The summed E-state index contributed by atoms with van der Waals surface area (Å²) in [6.45, 7) is 10.6. The van der Waals surface area contributed by atoms with Crippen molar-refractivity contribution in [1.29, 1.82) is 0 Å². The lowest BCUT2D eigenvalue weighted by Crippen LogP contribution is -2.58. The molecule has 0 N–H and O–H groups in total. The number of aromatic nitrogens is 3. The highest BCUT2D eigenvalue weighted by Gasteiger charge is 2.38. The van der Waals surface area contributed by atoms with Crippen molar-refractivity contribution in [1.82, 2.24) is 29.3 Å². The smallest absolute Gasteiger partial charge is 0.229 e. The van der Waals surface area contributed by atoms with Gasteiger partial charge in [-0.05, 0) is 20.0 Å². The second-order valence-corrected chi connectivity index (χ2v) is 8.63. The highest BCUT2D eigenvalue weighted by atomic mass is 16.2. The van der Waals surface area contributed by atoms with Crippen LogP contribution in [0.1, 0.15) is 18.2 Å². The summed E-state index contributed by atoms with van der Waals surface area (Å²) < 4.78 is 1.98. The summed E-state index contributed by atoms with van der Waals surface area (Å²) >= 11 is 0.